The Morgan fingerprint density at radius 3 is 2.56 bits per heavy atom. The molecule has 5 nitrogen and oxygen atoms in total. The lowest BCUT2D eigenvalue weighted by molar-refractivity contribution is 0.975. The normalized spacial score (nSPS) is 10.9. The van der Waals surface area contributed by atoms with E-state index >= 15 is 0 Å². The highest BCUT2D eigenvalue weighted by molar-refractivity contribution is 5.63. The molecule has 1 aromatic carbocycles. The van der Waals surface area contributed by atoms with Crippen molar-refractivity contribution in [1.82, 2.24) is 14.6 Å². The third-order valence-electron chi connectivity index (χ3n) is 2.86. The fraction of sp³-hybridized carbons (Fsp3) is 0.0769. The van der Waals surface area contributed by atoms with Crippen molar-refractivity contribution >= 4 is 11.6 Å². The van der Waals surface area contributed by atoms with Crippen molar-refractivity contribution in [3.63, 3.8) is 0 Å². The van der Waals surface area contributed by atoms with E-state index in [0.717, 1.165) is 22.5 Å². The minimum atomic E-state index is 0.279. The van der Waals surface area contributed by atoms with Crippen LogP contribution in [0.4, 0.5) is 5.95 Å². The average Bonchev–Trinajstić information content (AvgIpc) is 2.79. The second-order valence-corrected chi connectivity index (χ2v) is 4.05. The number of rotatable bonds is 2. The zero-order chi connectivity index (χ0) is 12.5. The highest BCUT2D eigenvalue weighted by Gasteiger charge is 2.06. The lowest BCUT2D eigenvalue weighted by Gasteiger charge is -2.05. The largest absolute Gasteiger partial charge is 0.366 e. The van der Waals surface area contributed by atoms with Gasteiger partial charge in [0.2, 0.25) is 5.95 Å². The zero-order valence-electron chi connectivity index (χ0n) is 9.74. The second kappa shape index (κ2) is 4.12. The molecule has 2 heterocycles. The van der Waals surface area contributed by atoms with E-state index in [4.69, 9.17) is 11.5 Å². The molecule has 0 aliphatic carbocycles. The molecule has 0 aliphatic heterocycles. The van der Waals surface area contributed by atoms with Crippen molar-refractivity contribution in [2.45, 2.75) is 6.54 Å². The van der Waals surface area contributed by atoms with Crippen LogP contribution in [0.3, 0.4) is 0 Å². The molecule has 3 rings (SSSR count). The van der Waals surface area contributed by atoms with E-state index in [1.807, 2.05) is 42.5 Å². The van der Waals surface area contributed by atoms with E-state index in [-0.39, 0.29) is 5.95 Å². The van der Waals surface area contributed by atoms with Crippen LogP contribution >= 0.6 is 0 Å². The van der Waals surface area contributed by atoms with Gasteiger partial charge in [-0.2, -0.15) is 4.98 Å². The first-order valence-corrected chi connectivity index (χ1v) is 5.68. The Morgan fingerprint density at radius 2 is 1.83 bits per heavy atom. The average molecular weight is 239 g/mol. The molecule has 0 fully saturated rings. The van der Waals surface area contributed by atoms with Gasteiger partial charge in [-0.15, -0.1) is 5.10 Å². The van der Waals surface area contributed by atoms with Gasteiger partial charge in [-0.25, -0.2) is 4.52 Å². The number of pyridine rings is 1. The van der Waals surface area contributed by atoms with Crippen LogP contribution in [0.25, 0.3) is 16.9 Å². The van der Waals surface area contributed by atoms with Crippen molar-refractivity contribution in [1.29, 1.82) is 0 Å². The van der Waals surface area contributed by atoms with Gasteiger partial charge in [0.05, 0.1) is 5.69 Å². The Hall–Kier alpha value is -2.40. The standard InChI is InChI=1S/C13H13N5/c14-8-9-4-6-10(7-5-9)11-2-1-3-12-16-13(15)17-18(11)12/h1-7H,8,14H2,(H2,15,17). The molecule has 0 bridgehead atoms. The Morgan fingerprint density at radius 1 is 1.06 bits per heavy atom. The molecule has 2 aromatic heterocycles. The van der Waals surface area contributed by atoms with E-state index in [0.29, 0.717) is 6.54 Å². The van der Waals surface area contributed by atoms with Crippen LogP contribution in [0.15, 0.2) is 42.5 Å². The quantitative estimate of drug-likeness (QED) is 0.708. The van der Waals surface area contributed by atoms with Crippen LogP contribution in [0.5, 0.6) is 0 Å². The molecule has 0 saturated heterocycles. The molecule has 0 saturated carbocycles. The maximum Gasteiger partial charge on any atom is 0.240 e. The van der Waals surface area contributed by atoms with E-state index in [1.54, 1.807) is 4.52 Å². The van der Waals surface area contributed by atoms with Gasteiger partial charge in [-0.1, -0.05) is 30.3 Å². The Labute approximate surface area is 104 Å². The smallest absolute Gasteiger partial charge is 0.240 e. The number of hydrogen-bond acceptors (Lipinski definition) is 4. The monoisotopic (exact) mass is 239 g/mol. The highest BCUT2D eigenvalue weighted by atomic mass is 15.3. The summed E-state index contributed by atoms with van der Waals surface area (Å²) in [6.45, 7) is 0.542. The first kappa shape index (κ1) is 10.7. The van der Waals surface area contributed by atoms with Crippen LogP contribution in [-0.4, -0.2) is 14.6 Å². The van der Waals surface area contributed by atoms with Gasteiger partial charge < -0.3 is 11.5 Å². The summed E-state index contributed by atoms with van der Waals surface area (Å²) in [5, 5.41) is 4.19. The van der Waals surface area contributed by atoms with Gasteiger partial charge in [0.15, 0.2) is 5.65 Å². The Bertz CT molecular complexity index is 684. The van der Waals surface area contributed by atoms with Gasteiger partial charge in [-0.3, -0.25) is 0 Å². The molecule has 0 radical (unpaired) electrons. The predicted octanol–water partition coefficient (Wildman–Crippen LogP) is 1.44. The summed E-state index contributed by atoms with van der Waals surface area (Å²) in [5.41, 5.74) is 15.1. The minimum absolute atomic E-state index is 0.279. The number of nitrogens with zero attached hydrogens (tertiary/aromatic N) is 3. The molecule has 0 aliphatic rings. The van der Waals surface area contributed by atoms with Crippen LogP contribution in [0.1, 0.15) is 5.56 Å². The summed E-state index contributed by atoms with van der Waals surface area (Å²) in [4.78, 5) is 4.14. The minimum Gasteiger partial charge on any atom is -0.366 e. The SMILES string of the molecule is NCc1ccc(-c2cccc3nc(N)nn23)cc1. The predicted molar refractivity (Wildman–Crippen MR) is 70.7 cm³/mol. The molecule has 0 amide bonds. The van der Waals surface area contributed by atoms with Crippen LogP contribution in [0, 0.1) is 0 Å². The van der Waals surface area contributed by atoms with E-state index < -0.39 is 0 Å². The molecule has 4 N–H and O–H groups in total. The van der Waals surface area contributed by atoms with Crippen LogP contribution in [0.2, 0.25) is 0 Å². The first-order valence-electron chi connectivity index (χ1n) is 5.68. The molecular weight excluding hydrogens is 226 g/mol. The van der Waals surface area contributed by atoms with Gasteiger partial charge in [0.25, 0.3) is 0 Å². The summed E-state index contributed by atoms with van der Waals surface area (Å²) in [5.74, 6) is 0.279. The molecule has 0 atom stereocenters. The zero-order valence-corrected chi connectivity index (χ0v) is 9.74. The van der Waals surface area contributed by atoms with Gasteiger partial charge >= 0.3 is 0 Å². The number of anilines is 1. The molecule has 0 spiro atoms. The number of aromatic nitrogens is 3. The van der Waals surface area contributed by atoms with Crippen molar-refractivity contribution in [3.8, 4) is 11.3 Å². The molecule has 18 heavy (non-hydrogen) atoms. The fourth-order valence-electron chi connectivity index (χ4n) is 1.95. The molecular formula is C13H13N5. The second-order valence-electron chi connectivity index (χ2n) is 4.05. The van der Waals surface area contributed by atoms with Crippen LogP contribution in [-0.2, 0) is 6.54 Å². The summed E-state index contributed by atoms with van der Waals surface area (Å²) in [7, 11) is 0. The van der Waals surface area contributed by atoms with E-state index in [9.17, 15) is 0 Å². The summed E-state index contributed by atoms with van der Waals surface area (Å²) in [6.07, 6.45) is 0. The number of nitrogens with two attached hydrogens (primary N) is 2. The van der Waals surface area contributed by atoms with Crippen molar-refractivity contribution in [2.24, 2.45) is 5.73 Å². The number of fused-ring (bicyclic) bond motifs is 1. The third kappa shape index (κ3) is 1.70. The molecule has 5 heteroatoms. The van der Waals surface area contributed by atoms with Crippen molar-refractivity contribution < 1.29 is 0 Å². The maximum atomic E-state index is 5.62. The lowest BCUT2D eigenvalue weighted by Crippen LogP contribution is -1.97. The van der Waals surface area contributed by atoms with Crippen molar-refractivity contribution in [3.05, 3.63) is 48.0 Å². The summed E-state index contributed by atoms with van der Waals surface area (Å²) >= 11 is 0. The van der Waals surface area contributed by atoms with E-state index in [2.05, 4.69) is 10.1 Å². The van der Waals surface area contributed by atoms with Crippen molar-refractivity contribution in [2.75, 3.05) is 5.73 Å². The summed E-state index contributed by atoms with van der Waals surface area (Å²) in [6, 6.07) is 13.9. The topological polar surface area (TPSA) is 82.2 Å². The first-order chi connectivity index (χ1) is 8.78. The highest BCUT2D eigenvalue weighted by Crippen LogP contribution is 2.20. The maximum absolute atomic E-state index is 5.62. The third-order valence-corrected chi connectivity index (χ3v) is 2.86. The number of benzene rings is 1. The molecule has 3 aromatic rings. The fourth-order valence-corrected chi connectivity index (χ4v) is 1.95. The molecule has 90 valence electrons. The Balaban J connectivity index is 2.17. The van der Waals surface area contributed by atoms with Crippen LogP contribution < -0.4 is 11.5 Å². The molecule has 0 unspecified atom stereocenters. The van der Waals surface area contributed by atoms with E-state index in [1.165, 1.54) is 0 Å². The Kier molecular flexibility index (Phi) is 2.46. The summed E-state index contributed by atoms with van der Waals surface area (Å²) < 4.78 is 1.74. The van der Waals surface area contributed by atoms with Gasteiger partial charge in [-0.05, 0) is 17.7 Å². The van der Waals surface area contributed by atoms with Gasteiger partial charge in [0.1, 0.15) is 0 Å². The number of hydrogen-bond donors (Lipinski definition) is 2. The number of nitrogen functional groups attached to an aromatic ring is 1. The lowest BCUT2D eigenvalue weighted by atomic mass is 10.1. The van der Waals surface area contributed by atoms with Gasteiger partial charge in [0, 0.05) is 12.1 Å².